The fourth-order valence-corrected chi connectivity index (χ4v) is 2.42. The molecule has 0 fully saturated rings. The molecule has 108 valence electrons. The van der Waals surface area contributed by atoms with Gasteiger partial charge in [-0.15, -0.1) is 0 Å². The fourth-order valence-electron chi connectivity index (χ4n) is 2.42. The highest BCUT2D eigenvalue weighted by Gasteiger charge is 2.26. The summed E-state index contributed by atoms with van der Waals surface area (Å²) in [7, 11) is 1.39. The van der Waals surface area contributed by atoms with E-state index < -0.39 is 5.82 Å². The summed E-state index contributed by atoms with van der Waals surface area (Å²) in [6, 6.07) is 11.7. The Hall–Kier alpha value is -2.56. The lowest BCUT2D eigenvalue weighted by atomic mass is 10.1. The molecule has 0 saturated carbocycles. The second-order valence-electron chi connectivity index (χ2n) is 4.90. The van der Waals surface area contributed by atoms with Gasteiger partial charge >= 0.3 is 0 Å². The summed E-state index contributed by atoms with van der Waals surface area (Å²) >= 11 is 0. The summed E-state index contributed by atoms with van der Waals surface area (Å²) in [5, 5.41) is 5.95. The minimum Gasteiger partial charge on any atom is -0.494 e. The van der Waals surface area contributed by atoms with E-state index in [9.17, 15) is 9.18 Å². The first-order valence-electron chi connectivity index (χ1n) is 6.66. The maximum absolute atomic E-state index is 13.3. The van der Waals surface area contributed by atoms with Crippen LogP contribution in [-0.4, -0.2) is 19.1 Å². The van der Waals surface area contributed by atoms with Gasteiger partial charge in [0.15, 0.2) is 11.6 Å². The van der Waals surface area contributed by atoms with E-state index in [1.807, 2.05) is 24.3 Å². The Bertz CT molecular complexity index is 663. The Balaban J connectivity index is 1.71. The molecule has 2 aromatic rings. The van der Waals surface area contributed by atoms with Gasteiger partial charge in [0.05, 0.1) is 7.11 Å². The van der Waals surface area contributed by atoms with Crippen molar-refractivity contribution in [3.8, 4) is 5.75 Å². The van der Waals surface area contributed by atoms with Crippen molar-refractivity contribution >= 4 is 17.3 Å². The number of methoxy groups -OCH3 is 1. The molecule has 0 aromatic heterocycles. The Kier molecular flexibility index (Phi) is 3.48. The van der Waals surface area contributed by atoms with E-state index in [1.165, 1.54) is 25.3 Å². The third kappa shape index (κ3) is 2.67. The van der Waals surface area contributed by atoms with Crippen molar-refractivity contribution in [3.05, 3.63) is 53.8 Å². The van der Waals surface area contributed by atoms with Crippen LogP contribution in [0.4, 0.5) is 15.8 Å². The van der Waals surface area contributed by atoms with Gasteiger partial charge in [0.1, 0.15) is 6.04 Å². The first-order chi connectivity index (χ1) is 10.2. The molecular weight excluding hydrogens is 271 g/mol. The Morgan fingerprint density at radius 1 is 1.33 bits per heavy atom. The van der Waals surface area contributed by atoms with Crippen molar-refractivity contribution < 1.29 is 13.9 Å². The Labute approximate surface area is 121 Å². The molecule has 1 unspecified atom stereocenters. The maximum atomic E-state index is 13.3. The summed E-state index contributed by atoms with van der Waals surface area (Å²) in [5.74, 6) is -0.503. The molecule has 4 nitrogen and oxygen atoms in total. The monoisotopic (exact) mass is 286 g/mol. The van der Waals surface area contributed by atoms with Gasteiger partial charge in [-0.05, 0) is 23.8 Å². The van der Waals surface area contributed by atoms with Crippen molar-refractivity contribution in [1.82, 2.24) is 0 Å². The highest BCUT2D eigenvalue weighted by atomic mass is 19.1. The molecule has 0 aliphatic carbocycles. The van der Waals surface area contributed by atoms with E-state index in [4.69, 9.17) is 4.74 Å². The van der Waals surface area contributed by atoms with Crippen LogP contribution in [0.25, 0.3) is 0 Å². The summed E-state index contributed by atoms with van der Waals surface area (Å²) in [6.07, 6.45) is 0.639. The number of fused-ring (bicyclic) bond motifs is 1. The molecule has 1 amide bonds. The molecule has 0 spiro atoms. The van der Waals surface area contributed by atoms with Gasteiger partial charge in [-0.3, -0.25) is 4.79 Å². The molecule has 1 aliphatic heterocycles. The highest BCUT2D eigenvalue weighted by Crippen LogP contribution is 2.26. The number of hydrogen-bond acceptors (Lipinski definition) is 3. The van der Waals surface area contributed by atoms with Gasteiger partial charge in [-0.1, -0.05) is 18.2 Å². The number of ether oxygens (including phenoxy) is 1. The minimum absolute atomic E-state index is 0.107. The minimum atomic E-state index is -0.457. The van der Waals surface area contributed by atoms with Crippen LogP contribution in [0.3, 0.4) is 0 Å². The molecule has 1 atom stereocenters. The van der Waals surface area contributed by atoms with Gasteiger partial charge < -0.3 is 15.4 Å². The largest absolute Gasteiger partial charge is 0.494 e. The molecule has 3 rings (SSSR count). The van der Waals surface area contributed by atoms with Gasteiger partial charge in [0.2, 0.25) is 5.91 Å². The lowest BCUT2D eigenvalue weighted by Gasteiger charge is -2.13. The number of benzene rings is 2. The number of anilines is 2. The second kappa shape index (κ2) is 5.44. The van der Waals surface area contributed by atoms with Crippen LogP contribution >= 0.6 is 0 Å². The van der Waals surface area contributed by atoms with Crippen LogP contribution in [0.5, 0.6) is 5.75 Å². The quantitative estimate of drug-likeness (QED) is 0.912. The number of para-hydroxylation sites is 1. The topological polar surface area (TPSA) is 50.4 Å². The van der Waals surface area contributed by atoms with E-state index >= 15 is 0 Å². The van der Waals surface area contributed by atoms with E-state index in [0.717, 1.165) is 11.3 Å². The molecule has 2 aromatic carbocycles. The van der Waals surface area contributed by atoms with Gasteiger partial charge in [-0.25, -0.2) is 4.39 Å². The van der Waals surface area contributed by atoms with Crippen LogP contribution in [0.15, 0.2) is 42.5 Å². The standard InChI is InChI=1S/C16H15FN2O2/c1-21-15-9-11(6-7-12(15)17)18-16(20)14-8-10-4-2-3-5-13(10)19-14/h2-7,9,14,19H,8H2,1H3,(H,18,20). The lowest BCUT2D eigenvalue weighted by molar-refractivity contribution is -0.116. The zero-order chi connectivity index (χ0) is 14.8. The summed E-state index contributed by atoms with van der Waals surface area (Å²) in [6.45, 7) is 0. The number of carbonyl (C=O) groups is 1. The van der Waals surface area contributed by atoms with Gasteiger partial charge in [0, 0.05) is 23.9 Å². The number of hydrogen-bond donors (Lipinski definition) is 2. The third-order valence-electron chi connectivity index (χ3n) is 3.51. The first kappa shape index (κ1) is 13.4. The molecule has 0 radical (unpaired) electrons. The molecular formula is C16H15FN2O2. The van der Waals surface area contributed by atoms with Crippen LogP contribution in [0.1, 0.15) is 5.56 Å². The Morgan fingerprint density at radius 2 is 2.14 bits per heavy atom. The van der Waals surface area contributed by atoms with Crippen LogP contribution < -0.4 is 15.4 Å². The maximum Gasteiger partial charge on any atom is 0.247 e. The number of rotatable bonds is 3. The predicted octanol–water partition coefficient (Wildman–Crippen LogP) is 2.81. The summed E-state index contributed by atoms with van der Waals surface area (Å²) in [5.41, 5.74) is 2.61. The zero-order valence-electron chi connectivity index (χ0n) is 11.5. The third-order valence-corrected chi connectivity index (χ3v) is 3.51. The van der Waals surface area contributed by atoms with Crippen LogP contribution in [0, 0.1) is 5.82 Å². The number of amides is 1. The van der Waals surface area contributed by atoms with Crippen LogP contribution in [0.2, 0.25) is 0 Å². The number of carbonyl (C=O) groups excluding carboxylic acids is 1. The normalized spacial score (nSPS) is 16.0. The Morgan fingerprint density at radius 3 is 2.90 bits per heavy atom. The summed E-state index contributed by atoms with van der Waals surface area (Å²) < 4.78 is 18.2. The number of halogens is 1. The van der Waals surface area contributed by atoms with Crippen LogP contribution in [-0.2, 0) is 11.2 Å². The predicted molar refractivity (Wildman–Crippen MR) is 79.1 cm³/mol. The van der Waals surface area contributed by atoms with E-state index in [0.29, 0.717) is 12.1 Å². The molecule has 2 N–H and O–H groups in total. The molecule has 21 heavy (non-hydrogen) atoms. The zero-order valence-corrected chi connectivity index (χ0v) is 11.5. The molecule has 0 bridgehead atoms. The van der Waals surface area contributed by atoms with Crippen molar-refractivity contribution in [2.45, 2.75) is 12.5 Å². The average Bonchev–Trinajstić information content (AvgIpc) is 2.93. The van der Waals surface area contributed by atoms with E-state index in [2.05, 4.69) is 10.6 Å². The molecule has 1 heterocycles. The van der Waals surface area contributed by atoms with Gasteiger partial charge in [-0.2, -0.15) is 0 Å². The van der Waals surface area contributed by atoms with Crippen molar-refractivity contribution in [2.24, 2.45) is 0 Å². The highest BCUT2D eigenvalue weighted by molar-refractivity contribution is 5.98. The fraction of sp³-hybridized carbons (Fsp3) is 0.188. The smallest absolute Gasteiger partial charge is 0.247 e. The second-order valence-corrected chi connectivity index (χ2v) is 4.90. The average molecular weight is 286 g/mol. The SMILES string of the molecule is COc1cc(NC(=O)C2Cc3ccccc3N2)ccc1F. The molecule has 5 heteroatoms. The van der Waals surface area contributed by atoms with E-state index in [1.54, 1.807) is 0 Å². The van der Waals surface area contributed by atoms with Crippen molar-refractivity contribution in [3.63, 3.8) is 0 Å². The number of nitrogens with one attached hydrogen (secondary N) is 2. The molecule has 0 saturated heterocycles. The summed E-state index contributed by atoms with van der Waals surface area (Å²) in [4.78, 5) is 12.3. The van der Waals surface area contributed by atoms with Crippen molar-refractivity contribution in [2.75, 3.05) is 17.7 Å². The molecule has 1 aliphatic rings. The van der Waals surface area contributed by atoms with Gasteiger partial charge in [0.25, 0.3) is 0 Å². The lowest BCUT2D eigenvalue weighted by Crippen LogP contribution is -2.32. The first-order valence-corrected chi connectivity index (χ1v) is 6.66. The van der Waals surface area contributed by atoms with Crippen molar-refractivity contribution in [1.29, 1.82) is 0 Å². The van der Waals surface area contributed by atoms with E-state index in [-0.39, 0.29) is 17.7 Å².